The van der Waals surface area contributed by atoms with Gasteiger partial charge in [0, 0.05) is 12.1 Å². The Balaban J connectivity index is 2.23. The van der Waals surface area contributed by atoms with Crippen molar-refractivity contribution in [1.82, 2.24) is 4.72 Å². The predicted molar refractivity (Wildman–Crippen MR) is 67.0 cm³/mol. The van der Waals surface area contributed by atoms with Gasteiger partial charge in [-0.05, 0) is 25.0 Å². The van der Waals surface area contributed by atoms with Gasteiger partial charge in [0.15, 0.2) is 0 Å². The van der Waals surface area contributed by atoms with Crippen molar-refractivity contribution in [2.24, 2.45) is 5.73 Å². The summed E-state index contributed by atoms with van der Waals surface area (Å²) in [4.78, 5) is 0.305. The van der Waals surface area contributed by atoms with Crippen molar-refractivity contribution in [2.75, 3.05) is 6.54 Å². The first-order valence-electron chi connectivity index (χ1n) is 5.87. The minimum absolute atomic E-state index is 0.305. The lowest BCUT2D eigenvalue weighted by Gasteiger charge is -2.28. The number of nitrogens with two attached hydrogens (primary N) is 1. The molecule has 94 valence electrons. The number of sulfonamides is 1. The summed E-state index contributed by atoms with van der Waals surface area (Å²) >= 11 is 0. The Hall–Kier alpha value is -0.910. The van der Waals surface area contributed by atoms with E-state index in [9.17, 15) is 8.42 Å². The Morgan fingerprint density at radius 1 is 1.18 bits per heavy atom. The molecule has 0 amide bonds. The fourth-order valence-corrected chi connectivity index (χ4v) is 3.83. The van der Waals surface area contributed by atoms with Crippen molar-refractivity contribution in [3.63, 3.8) is 0 Å². The molecule has 1 aromatic rings. The zero-order valence-corrected chi connectivity index (χ0v) is 10.5. The molecule has 4 nitrogen and oxygen atoms in total. The highest BCUT2D eigenvalue weighted by Crippen LogP contribution is 2.30. The van der Waals surface area contributed by atoms with E-state index in [1.165, 1.54) is 0 Å². The molecule has 1 aromatic carbocycles. The molecule has 1 saturated carbocycles. The molecule has 0 saturated heterocycles. The van der Waals surface area contributed by atoms with Gasteiger partial charge in [0.1, 0.15) is 0 Å². The van der Waals surface area contributed by atoms with Crippen molar-refractivity contribution >= 4 is 10.0 Å². The fraction of sp³-hybridized carbons (Fsp3) is 0.500. The van der Waals surface area contributed by atoms with Crippen LogP contribution in [0, 0.1) is 0 Å². The average Bonchev–Trinajstić information content (AvgIpc) is 2.79. The van der Waals surface area contributed by atoms with Gasteiger partial charge in [-0.1, -0.05) is 31.0 Å². The molecule has 3 N–H and O–H groups in total. The lowest BCUT2D eigenvalue weighted by molar-refractivity contribution is 0.399. The van der Waals surface area contributed by atoms with Gasteiger partial charge in [0.05, 0.1) is 4.90 Å². The summed E-state index contributed by atoms with van der Waals surface area (Å²) in [5.41, 5.74) is 5.29. The van der Waals surface area contributed by atoms with E-state index in [0.717, 1.165) is 25.7 Å². The van der Waals surface area contributed by atoms with Crippen molar-refractivity contribution in [3.05, 3.63) is 30.3 Å². The quantitative estimate of drug-likeness (QED) is 0.849. The molecule has 0 atom stereocenters. The summed E-state index contributed by atoms with van der Waals surface area (Å²) in [5, 5.41) is 0. The molecule has 1 aliphatic carbocycles. The molecular weight excluding hydrogens is 236 g/mol. The van der Waals surface area contributed by atoms with E-state index in [1.54, 1.807) is 30.3 Å². The molecule has 0 unspecified atom stereocenters. The highest BCUT2D eigenvalue weighted by atomic mass is 32.2. The first-order chi connectivity index (χ1) is 8.08. The van der Waals surface area contributed by atoms with Crippen LogP contribution < -0.4 is 10.5 Å². The monoisotopic (exact) mass is 254 g/mol. The molecular formula is C12H18N2O2S. The molecule has 5 heteroatoms. The van der Waals surface area contributed by atoms with E-state index < -0.39 is 15.6 Å². The second-order valence-corrected chi connectivity index (χ2v) is 6.29. The van der Waals surface area contributed by atoms with Crippen LogP contribution in [0.3, 0.4) is 0 Å². The van der Waals surface area contributed by atoms with Crippen LogP contribution in [0.1, 0.15) is 25.7 Å². The van der Waals surface area contributed by atoms with E-state index in [4.69, 9.17) is 5.73 Å². The van der Waals surface area contributed by atoms with Gasteiger partial charge >= 0.3 is 0 Å². The highest BCUT2D eigenvalue weighted by Gasteiger charge is 2.36. The molecule has 0 bridgehead atoms. The van der Waals surface area contributed by atoms with Crippen LogP contribution in [0.25, 0.3) is 0 Å². The number of rotatable bonds is 4. The second kappa shape index (κ2) is 4.76. The third-order valence-corrected chi connectivity index (χ3v) is 4.95. The van der Waals surface area contributed by atoms with Crippen LogP contribution in [0.15, 0.2) is 35.2 Å². The van der Waals surface area contributed by atoms with E-state index in [1.807, 2.05) is 0 Å². The Morgan fingerprint density at radius 3 is 2.29 bits per heavy atom. The lowest BCUT2D eigenvalue weighted by atomic mass is 10.0. The van der Waals surface area contributed by atoms with E-state index in [2.05, 4.69) is 4.72 Å². The first kappa shape index (κ1) is 12.5. The zero-order valence-electron chi connectivity index (χ0n) is 9.72. The van der Waals surface area contributed by atoms with Crippen molar-refractivity contribution in [2.45, 2.75) is 36.1 Å². The van der Waals surface area contributed by atoms with Crippen molar-refractivity contribution in [1.29, 1.82) is 0 Å². The summed E-state index contributed by atoms with van der Waals surface area (Å²) in [6.45, 7) is 0.360. The normalized spacial score (nSPS) is 19.4. The Bertz CT molecular complexity index is 465. The number of benzene rings is 1. The highest BCUT2D eigenvalue weighted by molar-refractivity contribution is 7.89. The van der Waals surface area contributed by atoms with E-state index in [0.29, 0.717) is 11.4 Å². The maximum Gasteiger partial charge on any atom is 0.241 e. The van der Waals surface area contributed by atoms with E-state index >= 15 is 0 Å². The standard InChI is InChI=1S/C12H18N2O2S/c13-10-12(8-4-5-9-12)14-17(15,16)11-6-2-1-3-7-11/h1-3,6-7,14H,4-5,8-10,13H2. The summed E-state index contributed by atoms with van der Waals surface area (Å²) in [5.74, 6) is 0. The molecule has 17 heavy (non-hydrogen) atoms. The largest absolute Gasteiger partial charge is 0.329 e. The second-order valence-electron chi connectivity index (χ2n) is 4.61. The lowest BCUT2D eigenvalue weighted by Crippen LogP contribution is -2.51. The van der Waals surface area contributed by atoms with Gasteiger partial charge in [-0.3, -0.25) is 0 Å². The molecule has 0 spiro atoms. The topological polar surface area (TPSA) is 72.2 Å². The van der Waals surface area contributed by atoms with Crippen LogP contribution >= 0.6 is 0 Å². The summed E-state index contributed by atoms with van der Waals surface area (Å²) < 4.78 is 27.2. The predicted octanol–water partition coefficient (Wildman–Crippen LogP) is 1.24. The summed E-state index contributed by atoms with van der Waals surface area (Å²) in [6.07, 6.45) is 3.73. The van der Waals surface area contributed by atoms with Gasteiger partial charge in [0.25, 0.3) is 0 Å². The smallest absolute Gasteiger partial charge is 0.241 e. The first-order valence-corrected chi connectivity index (χ1v) is 7.35. The Morgan fingerprint density at radius 2 is 1.76 bits per heavy atom. The van der Waals surface area contributed by atoms with Crippen LogP contribution in [0.5, 0.6) is 0 Å². The Kier molecular flexibility index (Phi) is 3.51. The Labute approximate surface area is 102 Å². The van der Waals surface area contributed by atoms with Crippen molar-refractivity contribution < 1.29 is 8.42 Å². The fourth-order valence-electron chi connectivity index (χ4n) is 2.34. The number of nitrogens with one attached hydrogen (secondary N) is 1. The minimum Gasteiger partial charge on any atom is -0.329 e. The minimum atomic E-state index is -3.44. The van der Waals surface area contributed by atoms with Crippen molar-refractivity contribution in [3.8, 4) is 0 Å². The van der Waals surface area contributed by atoms with Gasteiger partial charge in [-0.25, -0.2) is 13.1 Å². The third kappa shape index (κ3) is 2.68. The van der Waals surface area contributed by atoms with Crippen LogP contribution in [-0.4, -0.2) is 20.5 Å². The van der Waals surface area contributed by atoms with Gasteiger partial charge in [0.2, 0.25) is 10.0 Å². The maximum absolute atomic E-state index is 12.2. The van der Waals surface area contributed by atoms with Crippen LogP contribution in [0.2, 0.25) is 0 Å². The van der Waals surface area contributed by atoms with Gasteiger partial charge < -0.3 is 5.73 Å². The molecule has 0 aromatic heterocycles. The van der Waals surface area contributed by atoms with Gasteiger partial charge in [-0.15, -0.1) is 0 Å². The number of hydrogen-bond acceptors (Lipinski definition) is 3. The molecule has 0 heterocycles. The summed E-state index contributed by atoms with van der Waals surface area (Å²) in [6, 6.07) is 8.44. The van der Waals surface area contributed by atoms with Crippen LogP contribution in [-0.2, 0) is 10.0 Å². The summed E-state index contributed by atoms with van der Waals surface area (Å²) in [7, 11) is -3.44. The van der Waals surface area contributed by atoms with Gasteiger partial charge in [-0.2, -0.15) is 0 Å². The SMILES string of the molecule is NCC1(NS(=O)(=O)c2ccccc2)CCCC1. The molecule has 0 radical (unpaired) electrons. The molecule has 2 rings (SSSR count). The molecule has 1 fully saturated rings. The number of hydrogen-bond donors (Lipinski definition) is 2. The molecule has 1 aliphatic rings. The maximum atomic E-state index is 12.2. The third-order valence-electron chi connectivity index (χ3n) is 3.36. The average molecular weight is 254 g/mol. The molecule has 0 aliphatic heterocycles. The zero-order chi connectivity index (χ0) is 12.4. The van der Waals surface area contributed by atoms with E-state index in [-0.39, 0.29) is 0 Å². The van der Waals surface area contributed by atoms with Crippen LogP contribution in [0.4, 0.5) is 0 Å².